The van der Waals surface area contributed by atoms with Crippen molar-refractivity contribution < 1.29 is 19.2 Å². The summed E-state index contributed by atoms with van der Waals surface area (Å²) in [6, 6.07) is 26.3. The maximum absolute atomic E-state index is 14.3. The number of nitrogens with zero attached hydrogens (tertiary/aromatic N) is 2. The van der Waals surface area contributed by atoms with Crippen molar-refractivity contribution in [3.8, 4) is 23.3 Å². The maximum Gasteiger partial charge on any atom is 0.270 e. The van der Waals surface area contributed by atoms with Gasteiger partial charge in [0.15, 0.2) is 5.75 Å². The highest BCUT2D eigenvalue weighted by molar-refractivity contribution is 6.13. The van der Waals surface area contributed by atoms with Crippen molar-refractivity contribution in [2.24, 2.45) is 0 Å². The van der Waals surface area contributed by atoms with Crippen molar-refractivity contribution in [1.82, 2.24) is 5.32 Å². The van der Waals surface area contributed by atoms with Gasteiger partial charge in [-0.05, 0) is 36.2 Å². The molecule has 1 atom stereocenters. The number of hydrogen-bond donors (Lipinski definition) is 1. The van der Waals surface area contributed by atoms with E-state index >= 15 is 0 Å². The number of nitro groups is 1. The number of amides is 2. The number of unbranched alkanes of at least 4 members (excludes halogenated alkanes) is 1. The van der Waals surface area contributed by atoms with E-state index in [0.29, 0.717) is 29.0 Å². The molecule has 1 aliphatic heterocycles. The van der Waals surface area contributed by atoms with E-state index in [1.54, 1.807) is 36.4 Å². The third-order valence-electron chi connectivity index (χ3n) is 6.64. The lowest BCUT2D eigenvalue weighted by molar-refractivity contribution is -0.384. The first-order valence-corrected chi connectivity index (χ1v) is 13.3. The first kappa shape index (κ1) is 27.2. The molecular formula is C33H27N3O5. The fourth-order valence-corrected chi connectivity index (χ4v) is 4.66. The molecule has 0 saturated heterocycles. The Hall–Kier alpha value is -5.42. The monoisotopic (exact) mass is 545 g/mol. The van der Waals surface area contributed by atoms with Gasteiger partial charge in [0.1, 0.15) is 11.8 Å². The van der Waals surface area contributed by atoms with Crippen molar-refractivity contribution in [3.05, 3.63) is 129 Å². The largest absolute Gasteiger partial charge is 0.454 e. The summed E-state index contributed by atoms with van der Waals surface area (Å²) in [5.74, 6) is 5.77. The molecule has 4 aromatic carbocycles. The van der Waals surface area contributed by atoms with Crippen molar-refractivity contribution in [2.45, 2.75) is 32.4 Å². The quantitative estimate of drug-likeness (QED) is 0.161. The topological polar surface area (TPSA) is 102 Å². The minimum atomic E-state index is -1.16. The number of carbonyl (C=O) groups is 2. The van der Waals surface area contributed by atoms with Gasteiger partial charge in [0.25, 0.3) is 11.6 Å². The predicted octanol–water partition coefficient (Wildman–Crippen LogP) is 6.56. The second-order valence-electron chi connectivity index (χ2n) is 9.43. The normalized spacial score (nSPS) is 12.5. The number of ether oxygens (including phenoxy) is 1. The molecule has 0 aliphatic carbocycles. The SMILES string of the molecule is CCCC#Cc1ccccc1C(C(=O)NCc1ccccc1)N1C(=O)c2cc([N+](=O)[O-])ccc2Oc2ccccc21. The Bertz CT molecular complexity index is 1670. The molecule has 0 fully saturated rings. The Labute approximate surface area is 237 Å². The minimum absolute atomic E-state index is 0.0224. The summed E-state index contributed by atoms with van der Waals surface area (Å²) in [6.45, 7) is 2.27. The lowest BCUT2D eigenvalue weighted by atomic mass is 9.96. The summed E-state index contributed by atoms with van der Waals surface area (Å²) < 4.78 is 6.10. The van der Waals surface area contributed by atoms with Crippen LogP contribution in [0.3, 0.4) is 0 Å². The van der Waals surface area contributed by atoms with Crippen LogP contribution in [0.15, 0.2) is 97.1 Å². The molecule has 0 radical (unpaired) electrons. The molecule has 0 saturated carbocycles. The lowest BCUT2D eigenvalue weighted by Gasteiger charge is -2.31. The van der Waals surface area contributed by atoms with Gasteiger partial charge in [0, 0.05) is 36.2 Å². The zero-order chi connectivity index (χ0) is 28.8. The number of benzene rings is 4. The van der Waals surface area contributed by atoms with Gasteiger partial charge in [-0.2, -0.15) is 0 Å². The minimum Gasteiger partial charge on any atom is -0.454 e. The van der Waals surface area contributed by atoms with Crippen LogP contribution in [0.2, 0.25) is 0 Å². The van der Waals surface area contributed by atoms with Crippen molar-refractivity contribution >= 4 is 23.2 Å². The van der Waals surface area contributed by atoms with Gasteiger partial charge in [-0.15, -0.1) is 0 Å². The van der Waals surface area contributed by atoms with Crippen LogP contribution in [0.25, 0.3) is 0 Å². The number of carbonyl (C=O) groups excluding carboxylic acids is 2. The fraction of sp³-hybridized carbons (Fsp3) is 0.152. The highest BCUT2D eigenvalue weighted by Crippen LogP contribution is 2.43. The first-order chi connectivity index (χ1) is 20.0. The summed E-state index contributed by atoms with van der Waals surface area (Å²) in [5.41, 5.74) is 2.10. The van der Waals surface area contributed by atoms with E-state index in [4.69, 9.17) is 4.74 Å². The first-order valence-electron chi connectivity index (χ1n) is 13.3. The third-order valence-corrected chi connectivity index (χ3v) is 6.64. The highest BCUT2D eigenvalue weighted by Gasteiger charge is 2.39. The van der Waals surface area contributed by atoms with Gasteiger partial charge in [-0.3, -0.25) is 24.6 Å². The van der Waals surface area contributed by atoms with Gasteiger partial charge < -0.3 is 10.1 Å². The predicted molar refractivity (Wildman–Crippen MR) is 156 cm³/mol. The van der Waals surface area contributed by atoms with Crippen LogP contribution in [-0.2, 0) is 11.3 Å². The van der Waals surface area contributed by atoms with E-state index in [0.717, 1.165) is 12.0 Å². The summed E-state index contributed by atoms with van der Waals surface area (Å²) >= 11 is 0. The molecule has 1 aliphatic rings. The van der Waals surface area contributed by atoms with Crippen LogP contribution in [0.5, 0.6) is 11.5 Å². The number of para-hydroxylation sites is 2. The van der Waals surface area contributed by atoms with Gasteiger partial charge in [-0.1, -0.05) is 79.4 Å². The van der Waals surface area contributed by atoms with Gasteiger partial charge in [0.2, 0.25) is 5.91 Å². The number of non-ortho nitro benzene ring substituents is 1. The molecule has 1 N–H and O–H groups in total. The van der Waals surface area contributed by atoms with Crippen molar-refractivity contribution in [1.29, 1.82) is 0 Å². The molecule has 0 spiro atoms. The fourth-order valence-electron chi connectivity index (χ4n) is 4.66. The number of rotatable bonds is 7. The number of fused-ring (bicyclic) bond motifs is 2. The number of nitro benzene ring substituents is 1. The van der Waals surface area contributed by atoms with Crippen molar-refractivity contribution in [3.63, 3.8) is 0 Å². The molecule has 0 aromatic heterocycles. The van der Waals surface area contributed by atoms with E-state index < -0.39 is 22.8 Å². The molecule has 204 valence electrons. The van der Waals surface area contributed by atoms with Crippen LogP contribution in [0.4, 0.5) is 11.4 Å². The molecule has 8 heteroatoms. The molecular weight excluding hydrogens is 518 g/mol. The molecule has 0 bridgehead atoms. The zero-order valence-electron chi connectivity index (χ0n) is 22.4. The lowest BCUT2D eigenvalue weighted by Crippen LogP contribution is -2.44. The average molecular weight is 546 g/mol. The average Bonchev–Trinajstić information content (AvgIpc) is 3.11. The second-order valence-corrected chi connectivity index (χ2v) is 9.43. The van der Waals surface area contributed by atoms with E-state index in [1.807, 2.05) is 49.4 Å². The molecule has 1 unspecified atom stereocenters. The Balaban J connectivity index is 1.69. The molecule has 41 heavy (non-hydrogen) atoms. The zero-order valence-corrected chi connectivity index (χ0v) is 22.4. The molecule has 1 heterocycles. The van der Waals surface area contributed by atoms with Crippen LogP contribution in [-0.4, -0.2) is 16.7 Å². The van der Waals surface area contributed by atoms with E-state index in [-0.39, 0.29) is 23.5 Å². The van der Waals surface area contributed by atoms with E-state index in [1.165, 1.54) is 23.1 Å². The molecule has 4 aromatic rings. The summed E-state index contributed by atoms with van der Waals surface area (Å²) in [5, 5.41) is 14.6. The Morgan fingerprint density at radius 1 is 0.976 bits per heavy atom. The number of nitrogens with one attached hydrogen (secondary N) is 1. The van der Waals surface area contributed by atoms with Gasteiger partial charge in [0.05, 0.1) is 16.2 Å². The highest BCUT2D eigenvalue weighted by atomic mass is 16.6. The van der Waals surface area contributed by atoms with Crippen LogP contribution in [0.1, 0.15) is 52.9 Å². The third kappa shape index (κ3) is 5.80. The second kappa shape index (κ2) is 12.2. The van der Waals surface area contributed by atoms with E-state index in [2.05, 4.69) is 17.2 Å². The maximum atomic E-state index is 14.3. The standard InChI is InChI=1S/C33H27N3O5/c1-2-3-5-14-24-15-8-9-16-26(24)31(32(37)34-22-23-12-6-4-7-13-23)35-28-17-10-11-18-30(28)41-29-20-19-25(36(39)40)21-27(29)33(35)38/h4,6-13,15-21,31H,2-3,22H2,1H3,(H,34,37). The van der Waals surface area contributed by atoms with Gasteiger partial charge in [-0.25, -0.2) is 0 Å². The van der Waals surface area contributed by atoms with Gasteiger partial charge >= 0.3 is 0 Å². The number of hydrogen-bond acceptors (Lipinski definition) is 5. The molecule has 2 amide bonds. The molecule has 5 rings (SSSR count). The van der Waals surface area contributed by atoms with Crippen LogP contribution >= 0.6 is 0 Å². The Morgan fingerprint density at radius 3 is 2.49 bits per heavy atom. The smallest absolute Gasteiger partial charge is 0.270 e. The Morgan fingerprint density at radius 2 is 1.71 bits per heavy atom. The summed E-state index contributed by atoms with van der Waals surface area (Å²) in [7, 11) is 0. The van der Waals surface area contributed by atoms with Crippen molar-refractivity contribution in [2.75, 3.05) is 4.90 Å². The summed E-state index contributed by atoms with van der Waals surface area (Å²) in [6.07, 6.45) is 1.55. The van der Waals surface area contributed by atoms with Crippen LogP contribution < -0.4 is 15.0 Å². The van der Waals surface area contributed by atoms with Crippen LogP contribution in [0, 0.1) is 22.0 Å². The number of anilines is 1. The Kier molecular flexibility index (Phi) is 8.07. The summed E-state index contributed by atoms with van der Waals surface area (Å²) in [4.78, 5) is 40.9. The molecule has 8 nitrogen and oxygen atoms in total. The van der Waals surface area contributed by atoms with E-state index in [9.17, 15) is 19.7 Å².